The van der Waals surface area contributed by atoms with E-state index in [4.69, 9.17) is 44.0 Å². The molecule has 19 nitrogen and oxygen atoms in total. The molecule has 0 radical (unpaired) electrons. The van der Waals surface area contributed by atoms with Crippen LogP contribution in [0.1, 0.15) is 5.56 Å². The summed E-state index contributed by atoms with van der Waals surface area (Å²) in [5, 5.41) is 9.98. The van der Waals surface area contributed by atoms with E-state index in [1.54, 1.807) is 51.6 Å². The van der Waals surface area contributed by atoms with Crippen LogP contribution in [-0.4, -0.2) is 157 Å². The lowest BCUT2D eigenvalue weighted by Gasteiger charge is -2.36. The van der Waals surface area contributed by atoms with Crippen molar-refractivity contribution in [2.75, 3.05) is 139 Å². The fraction of sp³-hybridized carbons (Fsp3) is 0.576. The van der Waals surface area contributed by atoms with Crippen LogP contribution >= 0.6 is 0 Å². The Morgan fingerprint density at radius 2 is 1.32 bits per heavy atom. The van der Waals surface area contributed by atoms with Crippen LogP contribution in [0, 0.1) is 0 Å². The summed E-state index contributed by atoms with van der Waals surface area (Å²) in [5.74, 6) is 2.80. The van der Waals surface area contributed by atoms with E-state index < -0.39 is 10.0 Å². The van der Waals surface area contributed by atoms with Gasteiger partial charge in [0.15, 0.2) is 11.6 Å². The molecule has 5 rings (SSSR count). The zero-order valence-electron chi connectivity index (χ0n) is 31.4. The number of sulfonamides is 1. The van der Waals surface area contributed by atoms with Gasteiger partial charge in [-0.1, -0.05) is 12.1 Å². The highest BCUT2D eigenvalue weighted by Crippen LogP contribution is 2.34. The number of piperazine rings is 1. The molecule has 1 aromatic carbocycles. The molecule has 20 heteroatoms. The highest BCUT2D eigenvalue weighted by atomic mass is 32.2. The summed E-state index contributed by atoms with van der Waals surface area (Å²) in [4.78, 5) is 35.4. The fourth-order valence-corrected chi connectivity index (χ4v) is 6.51. The zero-order valence-corrected chi connectivity index (χ0v) is 32.2. The summed E-state index contributed by atoms with van der Waals surface area (Å²) < 4.78 is 47.9. The Hall–Kier alpha value is -4.47. The first kappa shape index (κ1) is 39.7. The average molecular weight is 758 g/mol. The highest BCUT2D eigenvalue weighted by Gasteiger charge is 2.28. The summed E-state index contributed by atoms with van der Waals surface area (Å²) in [5.41, 5.74) is 1.83. The second kappa shape index (κ2) is 18.5. The number of nitrogens with two attached hydrogens (primary N) is 1. The smallest absolute Gasteiger partial charge is 0.244 e. The Bertz CT molecular complexity index is 1870. The van der Waals surface area contributed by atoms with Crippen molar-refractivity contribution in [2.45, 2.75) is 11.4 Å². The minimum atomic E-state index is -3.90. The molecule has 2 N–H and O–H groups in total. The number of hydrogen-bond acceptors (Lipinski definition) is 17. The first-order chi connectivity index (χ1) is 25.6. The number of aromatic nitrogens is 7. The zero-order chi connectivity index (χ0) is 38.0. The van der Waals surface area contributed by atoms with Crippen molar-refractivity contribution in [1.29, 1.82) is 0 Å². The number of hydrogen-bond donors (Lipinski definition) is 1. The van der Waals surface area contributed by atoms with Gasteiger partial charge < -0.3 is 43.4 Å². The van der Waals surface area contributed by atoms with Gasteiger partial charge in [-0.15, -0.1) is 5.10 Å². The molecule has 1 aliphatic rings. The fourth-order valence-electron chi connectivity index (χ4n) is 5.92. The molecule has 1 fully saturated rings. The van der Waals surface area contributed by atoms with Gasteiger partial charge in [0.1, 0.15) is 17.4 Å². The molecule has 0 spiro atoms. The Labute approximate surface area is 310 Å². The predicted molar refractivity (Wildman–Crippen MR) is 202 cm³/mol. The Kier molecular flexibility index (Phi) is 13.9. The van der Waals surface area contributed by atoms with E-state index in [9.17, 15) is 8.42 Å². The summed E-state index contributed by atoms with van der Waals surface area (Å²) in [6.45, 7) is 6.74. The third-order valence-electron chi connectivity index (χ3n) is 8.77. The molecule has 290 valence electrons. The maximum absolute atomic E-state index is 12.2. The lowest BCUT2D eigenvalue weighted by molar-refractivity contribution is 0.189. The quantitative estimate of drug-likeness (QED) is 0.130. The molecular weight excluding hydrogens is 707 g/mol. The van der Waals surface area contributed by atoms with Crippen LogP contribution in [0.4, 0.5) is 29.5 Å². The number of benzene rings is 1. The molecule has 0 aliphatic carbocycles. The van der Waals surface area contributed by atoms with Gasteiger partial charge in [-0.25, -0.2) is 28.5 Å². The molecule has 1 aliphatic heterocycles. The molecule has 0 bridgehead atoms. The van der Waals surface area contributed by atoms with Gasteiger partial charge >= 0.3 is 0 Å². The summed E-state index contributed by atoms with van der Waals surface area (Å²) in [7, 11) is 6.45. The van der Waals surface area contributed by atoms with Crippen LogP contribution in [-0.2, 0) is 42.6 Å². The maximum Gasteiger partial charge on any atom is 0.244 e. The molecule has 53 heavy (non-hydrogen) atoms. The van der Waals surface area contributed by atoms with E-state index in [1.165, 1.54) is 6.07 Å². The number of rotatable bonds is 20. The van der Waals surface area contributed by atoms with Crippen molar-refractivity contribution in [3.05, 3.63) is 36.2 Å². The van der Waals surface area contributed by atoms with Crippen molar-refractivity contribution in [3.8, 4) is 0 Å². The second-order valence-electron chi connectivity index (χ2n) is 12.6. The lowest BCUT2D eigenvalue weighted by atomic mass is 10.2. The molecule has 0 atom stereocenters. The minimum absolute atomic E-state index is 0.0285. The highest BCUT2D eigenvalue weighted by molar-refractivity contribution is 7.89. The van der Waals surface area contributed by atoms with Crippen LogP contribution in [0.25, 0.3) is 11.0 Å². The number of primary sulfonamides is 1. The molecule has 1 saturated heterocycles. The third kappa shape index (κ3) is 10.1. The first-order valence-corrected chi connectivity index (χ1v) is 18.8. The van der Waals surface area contributed by atoms with Gasteiger partial charge in [-0.2, -0.15) is 9.97 Å². The lowest BCUT2D eigenvalue weighted by Crippen LogP contribution is -2.47. The van der Waals surface area contributed by atoms with Gasteiger partial charge in [0.25, 0.3) is 0 Å². The summed E-state index contributed by atoms with van der Waals surface area (Å²) >= 11 is 0. The van der Waals surface area contributed by atoms with Crippen LogP contribution in [0.3, 0.4) is 0 Å². The van der Waals surface area contributed by atoms with E-state index in [-0.39, 0.29) is 4.90 Å². The van der Waals surface area contributed by atoms with Gasteiger partial charge in [0.05, 0.1) is 31.3 Å². The second-order valence-corrected chi connectivity index (χ2v) is 14.1. The average Bonchev–Trinajstić information content (AvgIpc) is 3.60. The monoisotopic (exact) mass is 757 g/mol. The topological polar surface area (TPSA) is 196 Å². The normalized spacial score (nSPS) is 13.6. The first-order valence-electron chi connectivity index (χ1n) is 17.3. The van der Waals surface area contributed by atoms with Gasteiger partial charge in [-0.05, 0) is 17.7 Å². The van der Waals surface area contributed by atoms with Crippen molar-refractivity contribution >= 4 is 50.5 Å². The predicted octanol–water partition coefficient (Wildman–Crippen LogP) is 0.357. The van der Waals surface area contributed by atoms with E-state index in [2.05, 4.69) is 19.9 Å². The van der Waals surface area contributed by atoms with Crippen LogP contribution in [0.2, 0.25) is 0 Å². The summed E-state index contributed by atoms with van der Waals surface area (Å²) in [6, 6.07) is 6.56. The van der Waals surface area contributed by atoms with Gasteiger partial charge in [0, 0.05) is 101 Å². The van der Waals surface area contributed by atoms with E-state index >= 15 is 0 Å². The number of nitrogens with zero attached hydrogens (tertiary/aromatic N) is 12. The molecule has 3 aromatic heterocycles. The number of anilines is 5. The summed E-state index contributed by atoms with van der Waals surface area (Å²) in [6.07, 6.45) is 1.70. The van der Waals surface area contributed by atoms with E-state index in [0.717, 1.165) is 5.56 Å². The van der Waals surface area contributed by atoms with Crippen molar-refractivity contribution in [3.63, 3.8) is 0 Å². The maximum atomic E-state index is 12.2. The number of fused-ring (bicyclic) bond motifs is 1. The Morgan fingerprint density at radius 1 is 0.774 bits per heavy atom. The van der Waals surface area contributed by atoms with Crippen molar-refractivity contribution in [2.24, 2.45) is 12.2 Å². The van der Waals surface area contributed by atoms with Gasteiger partial charge in [0.2, 0.25) is 27.9 Å². The molecule has 0 saturated carbocycles. The molecule has 0 amide bonds. The number of methoxy groups -OCH3 is 4. The number of ether oxygens (including phenoxy) is 4. The molecular formula is C33H51N13O6S. The third-order valence-corrected chi connectivity index (χ3v) is 9.68. The molecule has 4 aromatic rings. The van der Waals surface area contributed by atoms with Crippen LogP contribution in [0.15, 0.2) is 35.5 Å². The molecule has 4 heterocycles. The minimum Gasteiger partial charge on any atom is -0.383 e. The van der Waals surface area contributed by atoms with E-state index in [0.29, 0.717) is 126 Å². The number of aryl methyl sites for hydroxylation is 1. The van der Waals surface area contributed by atoms with Gasteiger partial charge in [-0.3, -0.25) is 4.68 Å². The molecule has 0 unspecified atom stereocenters. The van der Waals surface area contributed by atoms with Crippen molar-refractivity contribution in [1.82, 2.24) is 34.7 Å². The van der Waals surface area contributed by atoms with Crippen LogP contribution in [0.5, 0.6) is 0 Å². The largest absolute Gasteiger partial charge is 0.383 e. The Morgan fingerprint density at radius 3 is 1.85 bits per heavy atom. The Balaban J connectivity index is 1.68. The van der Waals surface area contributed by atoms with Crippen LogP contribution < -0.4 is 29.6 Å². The standard InChI is InChI=1S/C33H51N13O6S/c1-41(23-25-8-7-9-26(22-25)53(34,47)48)29-27-28(37-32(38-29)45(14-18-49-3)15-19-50-4)30(39-33(36-27)46(16-20-51-5)17-21-52-6)43-10-12-44(13-11-43)31-35-24-42(2)40-31/h7-9,22,24H,10-21,23H2,1-6H3,(H2,34,47,48). The van der Waals surface area contributed by atoms with E-state index in [1.807, 2.05) is 34.9 Å². The SMILES string of the molecule is COCCN(CCOC)c1nc(N2CCN(c3ncn(C)n3)CC2)c2nc(N(CCOC)CCOC)nc(N(C)Cc3cccc(S(N)(=O)=O)c3)c2n1. The van der Waals surface area contributed by atoms with Crippen molar-refractivity contribution < 1.29 is 27.4 Å².